The van der Waals surface area contributed by atoms with E-state index in [1.165, 1.54) is 0 Å². The monoisotopic (exact) mass is 281 g/mol. The molecule has 0 aliphatic heterocycles. The molecule has 60 valence electrons. The van der Waals surface area contributed by atoms with Crippen LogP contribution < -0.4 is 0 Å². The van der Waals surface area contributed by atoms with Crippen molar-refractivity contribution in [2.75, 3.05) is 0 Å². The van der Waals surface area contributed by atoms with E-state index in [2.05, 4.69) is 22.6 Å². The molecule has 0 aliphatic rings. The highest BCUT2D eigenvalue weighted by atomic mass is 127. The molecule has 0 bridgehead atoms. The van der Waals surface area contributed by atoms with Gasteiger partial charge in [0.1, 0.15) is 0 Å². The largest absolute Gasteiger partial charge is 0.772 e. The van der Waals surface area contributed by atoms with Gasteiger partial charge in [-0.05, 0) is 40.3 Å². The van der Waals surface area contributed by atoms with Crippen molar-refractivity contribution in [2.45, 2.75) is 5.75 Å². The maximum atomic E-state index is 10.3. The maximum Gasteiger partial charge on any atom is 0.0353 e. The summed E-state index contributed by atoms with van der Waals surface area (Å²) in [6, 6.07) is 7.42. The first-order valence-electron chi connectivity index (χ1n) is 2.99. The zero-order chi connectivity index (χ0) is 8.27. The van der Waals surface area contributed by atoms with Gasteiger partial charge in [0.25, 0.3) is 0 Å². The highest BCUT2D eigenvalue weighted by Gasteiger charge is 1.91. The topological polar surface area (TPSA) is 40.1 Å². The van der Waals surface area contributed by atoms with Crippen molar-refractivity contribution in [3.63, 3.8) is 0 Å². The molecule has 0 saturated heterocycles. The van der Waals surface area contributed by atoms with E-state index in [1.807, 2.05) is 24.3 Å². The van der Waals surface area contributed by atoms with Crippen molar-refractivity contribution >= 4 is 33.7 Å². The second-order valence-electron chi connectivity index (χ2n) is 2.07. The zero-order valence-corrected chi connectivity index (χ0v) is 8.59. The number of rotatable bonds is 2. The number of hydrogen-bond donors (Lipinski definition) is 0. The van der Waals surface area contributed by atoms with E-state index < -0.39 is 11.1 Å². The van der Waals surface area contributed by atoms with Crippen molar-refractivity contribution < 1.29 is 8.76 Å². The molecule has 1 aromatic rings. The Kier molecular flexibility index (Phi) is 3.47. The third-order valence-corrected chi connectivity index (χ3v) is 2.49. The molecule has 1 atom stereocenters. The van der Waals surface area contributed by atoms with Gasteiger partial charge < -0.3 is 4.55 Å². The SMILES string of the molecule is O=S([O-])Cc1ccc(I)cc1. The minimum atomic E-state index is -1.98. The van der Waals surface area contributed by atoms with Crippen LogP contribution in [0.2, 0.25) is 0 Å². The maximum absolute atomic E-state index is 10.3. The third-order valence-electron chi connectivity index (χ3n) is 1.20. The average Bonchev–Trinajstić information content (AvgIpc) is 1.93. The molecule has 0 amide bonds. The Morgan fingerprint density at radius 1 is 1.36 bits per heavy atom. The molecule has 1 unspecified atom stereocenters. The first-order valence-corrected chi connectivity index (χ1v) is 5.31. The number of benzene rings is 1. The molecular weight excluding hydrogens is 275 g/mol. The van der Waals surface area contributed by atoms with Gasteiger partial charge in [0.2, 0.25) is 0 Å². The minimum Gasteiger partial charge on any atom is -0.772 e. The smallest absolute Gasteiger partial charge is 0.0353 e. The van der Waals surface area contributed by atoms with Crippen LogP contribution in [-0.2, 0) is 16.8 Å². The lowest BCUT2D eigenvalue weighted by atomic mass is 10.2. The van der Waals surface area contributed by atoms with E-state index in [9.17, 15) is 8.76 Å². The summed E-state index contributed by atoms with van der Waals surface area (Å²) in [6.45, 7) is 0. The predicted octanol–water partition coefficient (Wildman–Crippen LogP) is 1.67. The second-order valence-corrected chi connectivity index (χ2v) is 4.22. The van der Waals surface area contributed by atoms with Crippen molar-refractivity contribution in [2.24, 2.45) is 0 Å². The van der Waals surface area contributed by atoms with E-state index >= 15 is 0 Å². The zero-order valence-electron chi connectivity index (χ0n) is 5.62. The van der Waals surface area contributed by atoms with Gasteiger partial charge in [-0.15, -0.1) is 0 Å². The summed E-state index contributed by atoms with van der Waals surface area (Å²) in [4.78, 5) is 0. The van der Waals surface area contributed by atoms with Gasteiger partial charge in [-0.1, -0.05) is 23.2 Å². The van der Waals surface area contributed by atoms with Gasteiger partial charge in [0.15, 0.2) is 0 Å². The van der Waals surface area contributed by atoms with E-state index in [0.717, 1.165) is 9.13 Å². The van der Waals surface area contributed by atoms with Crippen LogP contribution in [0.1, 0.15) is 5.56 Å². The van der Waals surface area contributed by atoms with Gasteiger partial charge in [0, 0.05) is 9.32 Å². The van der Waals surface area contributed by atoms with E-state index in [4.69, 9.17) is 0 Å². The second kappa shape index (κ2) is 4.18. The summed E-state index contributed by atoms with van der Waals surface area (Å²) in [5.74, 6) is 0.108. The molecule has 2 nitrogen and oxygen atoms in total. The third kappa shape index (κ3) is 3.31. The van der Waals surface area contributed by atoms with Crippen LogP contribution >= 0.6 is 22.6 Å². The summed E-state index contributed by atoms with van der Waals surface area (Å²) >= 11 is 0.201. The molecule has 0 N–H and O–H groups in total. The van der Waals surface area contributed by atoms with Crippen molar-refractivity contribution in [3.05, 3.63) is 33.4 Å². The van der Waals surface area contributed by atoms with Crippen molar-refractivity contribution in [1.29, 1.82) is 0 Å². The number of halogens is 1. The Balaban J connectivity index is 2.74. The highest BCUT2D eigenvalue weighted by molar-refractivity contribution is 14.1. The molecule has 1 aromatic carbocycles. The van der Waals surface area contributed by atoms with Crippen LogP contribution in [0.3, 0.4) is 0 Å². The fourth-order valence-electron chi connectivity index (χ4n) is 0.717. The fourth-order valence-corrected chi connectivity index (χ4v) is 1.54. The van der Waals surface area contributed by atoms with Crippen LogP contribution in [0.25, 0.3) is 0 Å². The number of hydrogen-bond acceptors (Lipinski definition) is 2. The Bertz CT molecular complexity index is 258. The summed E-state index contributed by atoms with van der Waals surface area (Å²) in [5, 5.41) is 0. The van der Waals surface area contributed by atoms with E-state index in [1.54, 1.807) is 0 Å². The molecule has 0 radical (unpaired) electrons. The standard InChI is InChI=1S/C7H7IO2S/c8-7-3-1-6(2-4-7)5-11(9)10/h1-4H,5H2,(H,9,10)/p-1. The molecule has 0 aliphatic carbocycles. The minimum absolute atomic E-state index is 0.108. The molecule has 0 aromatic heterocycles. The quantitative estimate of drug-likeness (QED) is 0.611. The van der Waals surface area contributed by atoms with Gasteiger partial charge in [-0.2, -0.15) is 0 Å². The van der Waals surface area contributed by atoms with Gasteiger partial charge in [-0.3, -0.25) is 4.21 Å². The van der Waals surface area contributed by atoms with Crippen molar-refractivity contribution in [3.8, 4) is 0 Å². The van der Waals surface area contributed by atoms with Gasteiger partial charge in [0.05, 0.1) is 0 Å². The lowest BCUT2D eigenvalue weighted by molar-refractivity contribution is 0.536. The molecule has 0 fully saturated rings. The van der Waals surface area contributed by atoms with Gasteiger partial charge in [-0.25, -0.2) is 0 Å². The molecule has 1 rings (SSSR count). The Labute approximate surface area is 81.4 Å². The predicted molar refractivity (Wildman–Crippen MR) is 51.8 cm³/mol. The fraction of sp³-hybridized carbons (Fsp3) is 0.143. The first kappa shape index (κ1) is 9.15. The van der Waals surface area contributed by atoms with E-state index in [0.29, 0.717) is 0 Å². The summed E-state index contributed by atoms with van der Waals surface area (Å²) in [5.41, 5.74) is 0.832. The van der Waals surface area contributed by atoms with Crippen LogP contribution in [0.4, 0.5) is 0 Å². The summed E-state index contributed by atoms with van der Waals surface area (Å²) < 4.78 is 21.6. The summed E-state index contributed by atoms with van der Waals surface area (Å²) in [6.07, 6.45) is 0. The van der Waals surface area contributed by atoms with E-state index in [-0.39, 0.29) is 5.75 Å². The van der Waals surface area contributed by atoms with Gasteiger partial charge >= 0.3 is 0 Å². The van der Waals surface area contributed by atoms with Crippen LogP contribution in [-0.4, -0.2) is 8.76 Å². The first-order chi connectivity index (χ1) is 5.18. The molecule has 11 heavy (non-hydrogen) atoms. The molecule has 0 saturated carbocycles. The highest BCUT2D eigenvalue weighted by Crippen LogP contribution is 2.07. The normalized spacial score (nSPS) is 12.9. The van der Waals surface area contributed by atoms with Crippen LogP contribution in [0.15, 0.2) is 24.3 Å². The lowest BCUT2D eigenvalue weighted by Crippen LogP contribution is -1.92. The Morgan fingerprint density at radius 2 is 1.91 bits per heavy atom. The van der Waals surface area contributed by atoms with Crippen molar-refractivity contribution in [1.82, 2.24) is 0 Å². The van der Waals surface area contributed by atoms with Crippen LogP contribution in [0.5, 0.6) is 0 Å². The average molecular weight is 281 g/mol. The Morgan fingerprint density at radius 3 is 2.36 bits per heavy atom. The molecule has 4 heteroatoms. The Hall–Kier alpha value is 0.0600. The molecular formula is C7H6IO2S-. The lowest BCUT2D eigenvalue weighted by Gasteiger charge is -2.03. The van der Waals surface area contributed by atoms with Crippen LogP contribution in [0, 0.1) is 3.57 Å². The molecule has 0 heterocycles. The summed E-state index contributed by atoms with van der Waals surface area (Å²) in [7, 11) is 0. The molecule has 0 spiro atoms.